The van der Waals surface area contributed by atoms with Crippen LogP contribution in [0.1, 0.15) is 50.2 Å². The second-order valence-corrected chi connectivity index (χ2v) is 10.6. The van der Waals surface area contributed by atoms with Gasteiger partial charge in [0.25, 0.3) is 0 Å². The third-order valence-corrected chi connectivity index (χ3v) is 7.99. The zero-order valence-electron chi connectivity index (χ0n) is 23.5. The third-order valence-electron chi connectivity index (χ3n) is 7.99. The number of rotatable bonds is 12. The van der Waals surface area contributed by atoms with Crippen LogP contribution < -0.4 is 20.1 Å². The van der Waals surface area contributed by atoms with E-state index in [0.717, 1.165) is 29.7 Å². The number of hydrogen-bond donors (Lipinski definition) is 2. The van der Waals surface area contributed by atoms with E-state index in [1.54, 1.807) is 22.9 Å². The van der Waals surface area contributed by atoms with Gasteiger partial charge in [-0.2, -0.15) is 0 Å². The molecule has 0 bridgehead atoms. The van der Waals surface area contributed by atoms with Crippen molar-refractivity contribution < 1.29 is 29.0 Å². The van der Waals surface area contributed by atoms with Gasteiger partial charge in [-0.1, -0.05) is 31.5 Å². The van der Waals surface area contributed by atoms with Gasteiger partial charge in [0.15, 0.2) is 11.5 Å². The maximum Gasteiger partial charge on any atom is 0.308 e. The number of unbranched alkanes of at least 4 members (excludes halogenated alkanes) is 1. The number of anilines is 1. The largest absolute Gasteiger partial charge is 0.481 e. The lowest BCUT2D eigenvalue weighted by Crippen LogP contribution is -2.45. The van der Waals surface area contributed by atoms with Gasteiger partial charge in [-0.05, 0) is 48.2 Å². The van der Waals surface area contributed by atoms with Crippen molar-refractivity contribution in [3.63, 3.8) is 0 Å². The number of amides is 2. The van der Waals surface area contributed by atoms with Crippen LogP contribution in [0.4, 0.5) is 5.69 Å². The SMILES string of the molecule is CCCCN(C(=O)CN1C[C@H](c2ccc3c(c2)OCO3)C(C(=O)O)[C@@H]1CCN(C)C(C)=O)c1cccc(CN)c1. The zero-order chi connectivity index (χ0) is 28.8. The second-order valence-electron chi connectivity index (χ2n) is 10.6. The number of carbonyl (C=O) groups excluding carboxylic acids is 2. The Balaban J connectivity index is 1.64. The number of ether oxygens (including phenoxy) is 2. The van der Waals surface area contributed by atoms with Crippen molar-refractivity contribution in [3.05, 3.63) is 53.6 Å². The van der Waals surface area contributed by atoms with E-state index in [1.807, 2.05) is 41.3 Å². The van der Waals surface area contributed by atoms with Gasteiger partial charge in [0, 0.05) is 57.8 Å². The molecule has 0 spiro atoms. The molecule has 0 aromatic heterocycles. The van der Waals surface area contributed by atoms with Crippen molar-refractivity contribution in [1.29, 1.82) is 0 Å². The summed E-state index contributed by atoms with van der Waals surface area (Å²) in [6.07, 6.45) is 2.19. The molecule has 2 heterocycles. The molecule has 216 valence electrons. The molecule has 4 rings (SSSR count). The van der Waals surface area contributed by atoms with Gasteiger partial charge < -0.3 is 30.1 Å². The van der Waals surface area contributed by atoms with E-state index in [-0.39, 0.29) is 31.1 Å². The predicted octanol–water partition coefficient (Wildman–Crippen LogP) is 3.04. The lowest BCUT2D eigenvalue weighted by Gasteiger charge is -2.31. The van der Waals surface area contributed by atoms with Crippen LogP contribution in [0.25, 0.3) is 0 Å². The van der Waals surface area contributed by atoms with Crippen molar-refractivity contribution >= 4 is 23.5 Å². The predicted molar refractivity (Wildman–Crippen MR) is 151 cm³/mol. The summed E-state index contributed by atoms with van der Waals surface area (Å²) in [4.78, 5) is 43.9. The summed E-state index contributed by atoms with van der Waals surface area (Å²) >= 11 is 0. The number of nitrogens with two attached hydrogens (primary N) is 1. The molecule has 10 nitrogen and oxygen atoms in total. The van der Waals surface area contributed by atoms with Crippen LogP contribution in [-0.2, 0) is 20.9 Å². The van der Waals surface area contributed by atoms with E-state index in [9.17, 15) is 19.5 Å². The Bertz CT molecular complexity index is 1220. The molecule has 2 aromatic carbocycles. The second kappa shape index (κ2) is 13.1. The third kappa shape index (κ3) is 6.56. The van der Waals surface area contributed by atoms with Gasteiger partial charge in [0.2, 0.25) is 18.6 Å². The first kappa shape index (κ1) is 29.4. The van der Waals surface area contributed by atoms with E-state index in [0.29, 0.717) is 44.1 Å². The molecule has 3 atom stereocenters. The topological polar surface area (TPSA) is 126 Å². The van der Waals surface area contributed by atoms with Gasteiger partial charge in [-0.15, -0.1) is 0 Å². The van der Waals surface area contributed by atoms with Crippen LogP contribution in [0.15, 0.2) is 42.5 Å². The van der Waals surface area contributed by atoms with Crippen LogP contribution in [0.2, 0.25) is 0 Å². The molecule has 0 radical (unpaired) electrons. The average molecular weight is 553 g/mol. The van der Waals surface area contributed by atoms with Crippen LogP contribution in [0.3, 0.4) is 0 Å². The zero-order valence-corrected chi connectivity index (χ0v) is 23.5. The molecule has 2 aliphatic heterocycles. The highest BCUT2D eigenvalue weighted by Gasteiger charge is 2.47. The Hall–Kier alpha value is -3.63. The molecule has 40 heavy (non-hydrogen) atoms. The smallest absolute Gasteiger partial charge is 0.308 e. The average Bonchev–Trinajstić information content (AvgIpc) is 3.56. The molecule has 10 heteroatoms. The summed E-state index contributed by atoms with van der Waals surface area (Å²) in [7, 11) is 1.70. The highest BCUT2D eigenvalue weighted by Crippen LogP contribution is 2.42. The van der Waals surface area contributed by atoms with E-state index < -0.39 is 17.9 Å². The number of carboxylic acids is 1. The number of carboxylic acid groups (broad SMARTS) is 1. The summed E-state index contributed by atoms with van der Waals surface area (Å²) in [5.74, 6) is -1.02. The fraction of sp³-hybridized carbons (Fsp3) is 0.500. The molecule has 0 saturated carbocycles. The van der Waals surface area contributed by atoms with Gasteiger partial charge in [0.1, 0.15) is 0 Å². The normalized spacial score (nSPS) is 19.9. The molecule has 2 aliphatic rings. The monoisotopic (exact) mass is 552 g/mol. The summed E-state index contributed by atoms with van der Waals surface area (Å²) < 4.78 is 11.0. The molecular formula is C30H40N4O6. The number of carbonyl (C=O) groups is 3. The number of likely N-dealkylation sites (tertiary alicyclic amines) is 1. The van der Waals surface area contributed by atoms with Crippen LogP contribution in [-0.4, -0.2) is 78.8 Å². The molecule has 0 aliphatic carbocycles. The standard InChI is InChI=1S/C30H40N4O6/c1-4-5-12-34(23-8-6-7-21(14-23)16-31)28(36)18-33-17-24(22-9-10-26-27(15-22)40-19-39-26)29(30(37)38)25(33)11-13-32(3)20(2)35/h6-10,14-15,24-25,29H,4-5,11-13,16-19,31H2,1-3H3,(H,37,38)/t24-,25+,29?/m1/s1. The van der Waals surface area contributed by atoms with Crippen LogP contribution >= 0.6 is 0 Å². The molecule has 1 saturated heterocycles. The Morgan fingerprint density at radius 3 is 2.58 bits per heavy atom. The number of nitrogens with zero attached hydrogens (tertiary/aromatic N) is 3. The van der Waals surface area contributed by atoms with Crippen LogP contribution in [0.5, 0.6) is 11.5 Å². The first-order chi connectivity index (χ1) is 19.2. The minimum absolute atomic E-state index is 0.0653. The lowest BCUT2D eigenvalue weighted by atomic mass is 9.84. The van der Waals surface area contributed by atoms with Crippen molar-refractivity contribution in [2.45, 2.75) is 51.6 Å². The van der Waals surface area contributed by atoms with Gasteiger partial charge in [-0.25, -0.2) is 0 Å². The first-order valence-electron chi connectivity index (χ1n) is 13.9. The number of hydrogen-bond acceptors (Lipinski definition) is 7. The molecule has 1 fully saturated rings. The Kier molecular flexibility index (Phi) is 9.65. The summed E-state index contributed by atoms with van der Waals surface area (Å²) in [5.41, 5.74) is 8.41. The highest BCUT2D eigenvalue weighted by molar-refractivity contribution is 5.95. The summed E-state index contributed by atoms with van der Waals surface area (Å²) in [6.45, 7) is 5.47. The summed E-state index contributed by atoms with van der Waals surface area (Å²) in [6, 6.07) is 12.8. The maximum absolute atomic E-state index is 13.9. The van der Waals surface area contributed by atoms with Crippen LogP contribution in [0, 0.1) is 5.92 Å². The Morgan fingerprint density at radius 1 is 1.10 bits per heavy atom. The van der Waals surface area contributed by atoms with Gasteiger partial charge in [0.05, 0.1) is 12.5 Å². The fourth-order valence-electron chi connectivity index (χ4n) is 5.64. The lowest BCUT2D eigenvalue weighted by molar-refractivity contribution is -0.143. The Morgan fingerprint density at radius 2 is 1.88 bits per heavy atom. The quantitative estimate of drug-likeness (QED) is 0.412. The molecule has 2 amide bonds. The van der Waals surface area contributed by atoms with Crippen molar-refractivity contribution in [2.24, 2.45) is 11.7 Å². The minimum Gasteiger partial charge on any atom is -0.481 e. The minimum atomic E-state index is -0.924. The Labute approximate surface area is 235 Å². The van der Waals surface area contributed by atoms with Crippen molar-refractivity contribution in [1.82, 2.24) is 9.80 Å². The number of aliphatic carboxylic acids is 1. The first-order valence-corrected chi connectivity index (χ1v) is 13.9. The maximum atomic E-state index is 13.9. The number of benzene rings is 2. The van der Waals surface area contributed by atoms with Crippen molar-refractivity contribution in [2.75, 3.05) is 44.9 Å². The summed E-state index contributed by atoms with van der Waals surface area (Å²) in [5, 5.41) is 10.4. The van der Waals surface area contributed by atoms with E-state index in [4.69, 9.17) is 15.2 Å². The number of fused-ring (bicyclic) bond motifs is 1. The molecule has 1 unspecified atom stereocenters. The van der Waals surface area contributed by atoms with Gasteiger partial charge >= 0.3 is 5.97 Å². The van der Waals surface area contributed by atoms with Crippen molar-refractivity contribution in [3.8, 4) is 11.5 Å². The van der Waals surface area contributed by atoms with E-state index in [2.05, 4.69) is 6.92 Å². The molecular weight excluding hydrogens is 512 g/mol. The van der Waals surface area contributed by atoms with E-state index >= 15 is 0 Å². The molecule has 2 aromatic rings. The van der Waals surface area contributed by atoms with Gasteiger partial charge in [-0.3, -0.25) is 19.3 Å². The highest BCUT2D eigenvalue weighted by atomic mass is 16.7. The molecule has 3 N–H and O–H groups in total. The van der Waals surface area contributed by atoms with E-state index in [1.165, 1.54) is 6.92 Å². The fourth-order valence-corrected chi connectivity index (χ4v) is 5.64.